The summed E-state index contributed by atoms with van der Waals surface area (Å²) in [5.41, 5.74) is 6.15. The normalized spacial score (nSPS) is 12.8. The number of rotatable bonds is 6. The van der Waals surface area contributed by atoms with Crippen LogP contribution in [0.25, 0.3) is 0 Å². The third-order valence-corrected chi connectivity index (χ3v) is 2.48. The molecule has 2 N–H and O–H groups in total. The predicted molar refractivity (Wildman–Crippen MR) is 67.7 cm³/mol. The molecule has 1 aromatic rings. The molecule has 0 spiro atoms. The topological polar surface area (TPSA) is 38.5 Å². The lowest BCUT2D eigenvalue weighted by atomic mass is 10.1. The Hall–Kier alpha value is -1.13. The second kappa shape index (κ2) is 6.57. The third-order valence-electron chi connectivity index (χ3n) is 2.48. The van der Waals surface area contributed by atoms with Crippen molar-refractivity contribution in [3.8, 4) is 5.75 Å². The van der Waals surface area contributed by atoms with Gasteiger partial charge in [0.25, 0.3) is 0 Å². The standard InChI is InChI=1S/C13H21FN2O/c1-10(15)12-6-5-11(9-13(12)14)17-8-4-7-16(2)3/h5-6,9-10H,4,7-8,15H2,1-3H3. The van der Waals surface area contributed by atoms with Crippen molar-refractivity contribution in [2.24, 2.45) is 5.73 Å². The lowest BCUT2D eigenvalue weighted by molar-refractivity contribution is 0.280. The average molecular weight is 240 g/mol. The zero-order valence-corrected chi connectivity index (χ0v) is 10.7. The van der Waals surface area contributed by atoms with Gasteiger partial charge in [0, 0.05) is 24.2 Å². The molecule has 0 aliphatic heterocycles. The van der Waals surface area contributed by atoms with Gasteiger partial charge in [-0.05, 0) is 33.5 Å². The van der Waals surface area contributed by atoms with Crippen LogP contribution in [-0.4, -0.2) is 32.1 Å². The first-order valence-corrected chi connectivity index (χ1v) is 5.83. The molecule has 3 nitrogen and oxygen atoms in total. The van der Waals surface area contributed by atoms with Gasteiger partial charge in [-0.3, -0.25) is 0 Å². The molecule has 0 aromatic heterocycles. The number of nitrogens with zero attached hydrogens (tertiary/aromatic N) is 1. The van der Waals surface area contributed by atoms with Gasteiger partial charge in [0.15, 0.2) is 0 Å². The molecular formula is C13H21FN2O. The highest BCUT2D eigenvalue weighted by Gasteiger charge is 2.07. The molecular weight excluding hydrogens is 219 g/mol. The fourth-order valence-corrected chi connectivity index (χ4v) is 1.54. The van der Waals surface area contributed by atoms with Crippen molar-refractivity contribution in [2.45, 2.75) is 19.4 Å². The van der Waals surface area contributed by atoms with Crippen molar-refractivity contribution in [1.82, 2.24) is 4.90 Å². The molecule has 0 heterocycles. The van der Waals surface area contributed by atoms with Crippen LogP contribution in [0.2, 0.25) is 0 Å². The van der Waals surface area contributed by atoms with Crippen molar-refractivity contribution < 1.29 is 9.13 Å². The zero-order valence-electron chi connectivity index (χ0n) is 10.7. The summed E-state index contributed by atoms with van der Waals surface area (Å²) in [5.74, 6) is 0.260. The van der Waals surface area contributed by atoms with Crippen molar-refractivity contribution in [2.75, 3.05) is 27.2 Å². The quantitative estimate of drug-likeness (QED) is 0.774. The average Bonchev–Trinajstić information content (AvgIpc) is 2.23. The molecule has 1 atom stereocenters. The van der Waals surface area contributed by atoms with E-state index in [4.69, 9.17) is 10.5 Å². The van der Waals surface area contributed by atoms with Gasteiger partial charge in [-0.15, -0.1) is 0 Å². The van der Waals surface area contributed by atoms with Crippen LogP contribution in [-0.2, 0) is 0 Å². The first-order valence-electron chi connectivity index (χ1n) is 5.83. The van der Waals surface area contributed by atoms with E-state index in [0.717, 1.165) is 13.0 Å². The number of halogens is 1. The van der Waals surface area contributed by atoms with Gasteiger partial charge < -0.3 is 15.4 Å². The number of hydrogen-bond acceptors (Lipinski definition) is 3. The van der Waals surface area contributed by atoms with Crippen LogP contribution in [0, 0.1) is 5.82 Å². The molecule has 96 valence electrons. The molecule has 0 bridgehead atoms. The van der Waals surface area contributed by atoms with Crippen molar-refractivity contribution >= 4 is 0 Å². The van der Waals surface area contributed by atoms with Crippen LogP contribution in [0.3, 0.4) is 0 Å². The van der Waals surface area contributed by atoms with E-state index in [2.05, 4.69) is 4.90 Å². The molecule has 0 saturated heterocycles. The van der Waals surface area contributed by atoms with Gasteiger partial charge in [-0.2, -0.15) is 0 Å². The summed E-state index contributed by atoms with van der Waals surface area (Å²) < 4.78 is 19.0. The van der Waals surface area contributed by atoms with Gasteiger partial charge in [0.05, 0.1) is 6.61 Å². The summed E-state index contributed by atoms with van der Waals surface area (Å²) >= 11 is 0. The largest absolute Gasteiger partial charge is 0.493 e. The Morgan fingerprint density at radius 1 is 1.41 bits per heavy atom. The van der Waals surface area contributed by atoms with Gasteiger partial charge in [-0.1, -0.05) is 6.07 Å². The Bertz CT molecular complexity index is 353. The minimum absolute atomic E-state index is 0.294. The minimum Gasteiger partial charge on any atom is -0.493 e. The Labute approximate surface area is 102 Å². The first-order chi connectivity index (χ1) is 8.00. The monoisotopic (exact) mass is 240 g/mol. The molecule has 17 heavy (non-hydrogen) atoms. The van der Waals surface area contributed by atoms with E-state index in [1.807, 2.05) is 14.1 Å². The van der Waals surface area contributed by atoms with Crippen molar-refractivity contribution in [3.63, 3.8) is 0 Å². The highest BCUT2D eigenvalue weighted by atomic mass is 19.1. The smallest absolute Gasteiger partial charge is 0.131 e. The van der Waals surface area contributed by atoms with E-state index in [1.165, 1.54) is 6.07 Å². The van der Waals surface area contributed by atoms with E-state index >= 15 is 0 Å². The summed E-state index contributed by atoms with van der Waals surface area (Å²) in [4.78, 5) is 2.09. The molecule has 0 aliphatic rings. The maximum absolute atomic E-state index is 13.6. The summed E-state index contributed by atoms with van der Waals surface area (Å²) in [6, 6.07) is 4.55. The molecule has 1 unspecified atom stereocenters. The predicted octanol–water partition coefficient (Wildman–Crippen LogP) is 2.18. The maximum Gasteiger partial charge on any atom is 0.131 e. The Morgan fingerprint density at radius 3 is 2.65 bits per heavy atom. The first kappa shape index (κ1) is 13.9. The highest BCUT2D eigenvalue weighted by Crippen LogP contribution is 2.20. The lowest BCUT2D eigenvalue weighted by Crippen LogP contribution is -2.15. The summed E-state index contributed by atoms with van der Waals surface area (Å²) in [7, 11) is 4.02. The van der Waals surface area contributed by atoms with Gasteiger partial charge in [-0.25, -0.2) is 4.39 Å². The van der Waals surface area contributed by atoms with Gasteiger partial charge in [0.2, 0.25) is 0 Å². The van der Waals surface area contributed by atoms with E-state index in [9.17, 15) is 4.39 Å². The Kier molecular flexibility index (Phi) is 5.38. The van der Waals surface area contributed by atoms with Crippen LogP contribution in [0.15, 0.2) is 18.2 Å². The van der Waals surface area contributed by atoms with E-state index in [-0.39, 0.29) is 11.9 Å². The second-order valence-electron chi connectivity index (χ2n) is 4.48. The minimum atomic E-state index is -0.301. The van der Waals surface area contributed by atoms with E-state index < -0.39 is 0 Å². The van der Waals surface area contributed by atoms with Crippen LogP contribution in [0.4, 0.5) is 4.39 Å². The molecule has 1 rings (SSSR count). The Morgan fingerprint density at radius 2 is 2.12 bits per heavy atom. The summed E-state index contributed by atoms with van der Waals surface area (Å²) in [5, 5.41) is 0. The van der Waals surface area contributed by atoms with E-state index in [1.54, 1.807) is 19.1 Å². The summed E-state index contributed by atoms with van der Waals surface area (Å²) in [6.45, 7) is 3.31. The highest BCUT2D eigenvalue weighted by molar-refractivity contribution is 5.30. The van der Waals surface area contributed by atoms with Crippen LogP contribution >= 0.6 is 0 Å². The van der Waals surface area contributed by atoms with Crippen molar-refractivity contribution in [3.05, 3.63) is 29.6 Å². The van der Waals surface area contributed by atoms with Crippen LogP contribution in [0.1, 0.15) is 24.9 Å². The molecule has 0 aliphatic carbocycles. The fourth-order valence-electron chi connectivity index (χ4n) is 1.54. The van der Waals surface area contributed by atoms with E-state index in [0.29, 0.717) is 17.9 Å². The molecule has 0 fully saturated rings. The van der Waals surface area contributed by atoms with Crippen LogP contribution < -0.4 is 10.5 Å². The number of benzene rings is 1. The number of ether oxygens (including phenoxy) is 1. The maximum atomic E-state index is 13.6. The Balaban J connectivity index is 2.47. The van der Waals surface area contributed by atoms with Crippen LogP contribution in [0.5, 0.6) is 5.75 Å². The molecule has 4 heteroatoms. The lowest BCUT2D eigenvalue weighted by Gasteiger charge is -2.12. The number of hydrogen-bond donors (Lipinski definition) is 1. The fraction of sp³-hybridized carbons (Fsp3) is 0.538. The number of nitrogens with two attached hydrogens (primary N) is 1. The molecule has 1 aromatic carbocycles. The molecule has 0 saturated carbocycles. The summed E-state index contributed by atoms with van der Waals surface area (Å²) in [6.07, 6.45) is 0.920. The second-order valence-corrected chi connectivity index (χ2v) is 4.48. The molecule has 0 radical (unpaired) electrons. The zero-order chi connectivity index (χ0) is 12.8. The van der Waals surface area contributed by atoms with Gasteiger partial charge >= 0.3 is 0 Å². The van der Waals surface area contributed by atoms with Gasteiger partial charge in [0.1, 0.15) is 11.6 Å². The SMILES string of the molecule is CC(N)c1ccc(OCCCN(C)C)cc1F. The molecule has 0 amide bonds. The van der Waals surface area contributed by atoms with Crippen molar-refractivity contribution in [1.29, 1.82) is 0 Å². The third kappa shape index (κ3) is 4.71.